The number of carbonyl (C=O) groups excluding carboxylic acids is 4. The Hall–Kier alpha value is -3.61. The zero-order valence-electron chi connectivity index (χ0n) is 14.0. The van der Waals surface area contributed by atoms with Crippen molar-refractivity contribution in [3.8, 4) is 0 Å². The Bertz CT molecular complexity index is 1090. The van der Waals surface area contributed by atoms with Crippen LogP contribution in [0.4, 0.5) is 10.1 Å². The Labute approximate surface area is 152 Å². The zero-order valence-corrected chi connectivity index (χ0v) is 14.0. The van der Waals surface area contributed by atoms with Gasteiger partial charge in [0.15, 0.2) is 17.5 Å². The summed E-state index contributed by atoms with van der Waals surface area (Å²) in [5.74, 6) is -5.27. The van der Waals surface area contributed by atoms with E-state index in [0.717, 1.165) is 19.2 Å². The molecule has 0 radical (unpaired) electrons. The summed E-state index contributed by atoms with van der Waals surface area (Å²) >= 11 is 0. The average Bonchev–Trinajstić information content (AvgIpc) is 2.79. The number of methoxy groups -OCH3 is 1. The molecule has 2 aliphatic rings. The van der Waals surface area contributed by atoms with Crippen molar-refractivity contribution in [2.75, 3.05) is 12.4 Å². The fraction of sp³-hybridized carbons (Fsp3) is 0.100. The molecule has 1 heterocycles. The van der Waals surface area contributed by atoms with Crippen LogP contribution < -0.4 is 5.32 Å². The third-order valence-electron chi connectivity index (χ3n) is 4.65. The normalized spacial score (nSPS) is 18.1. The number of rotatable bonds is 1. The average molecular weight is 365 g/mol. The number of carbonyl (C=O) groups is 4. The Morgan fingerprint density at radius 2 is 1.67 bits per heavy atom. The molecule has 2 aromatic carbocycles. The Morgan fingerprint density at radius 3 is 2.33 bits per heavy atom. The molecule has 7 heteroatoms. The number of Topliss-reactive ketones (excluding diaryl/α,β-unsaturated/α-hetero) is 2. The minimum absolute atomic E-state index is 0.0533. The molecule has 1 N–H and O–H groups in total. The molecule has 0 spiro atoms. The van der Waals surface area contributed by atoms with E-state index in [0.29, 0.717) is 0 Å². The molecule has 0 unspecified atom stereocenters. The van der Waals surface area contributed by atoms with E-state index in [4.69, 9.17) is 0 Å². The maximum atomic E-state index is 13.9. The molecule has 0 bridgehead atoms. The Balaban J connectivity index is 2.10. The molecule has 1 aliphatic heterocycles. The van der Waals surface area contributed by atoms with Gasteiger partial charge in [0.2, 0.25) is 5.91 Å². The number of hydrogen-bond donors (Lipinski definition) is 1. The number of allylic oxidation sites excluding steroid dienone is 1. The predicted octanol–water partition coefficient (Wildman–Crippen LogP) is 2.40. The third kappa shape index (κ3) is 2.39. The molecule has 1 amide bonds. The van der Waals surface area contributed by atoms with Crippen LogP contribution in [0, 0.1) is 11.7 Å². The third-order valence-corrected chi connectivity index (χ3v) is 4.65. The van der Waals surface area contributed by atoms with Crippen molar-refractivity contribution < 1.29 is 28.3 Å². The largest absolute Gasteiger partial charge is 0.468 e. The lowest BCUT2D eigenvalue weighted by Gasteiger charge is -2.23. The summed E-state index contributed by atoms with van der Waals surface area (Å²) in [5.41, 5.74) is -0.0509. The van der Waals surface area contributed by atoms with Crippen molar-refractivity contribution in [2.24, 2.45) is 5.92 Å². The van der Waals surface area contributed by atoms with Crippen molar-refractivity contribution in [2.45, 2.75) is 0 Å². The van der Waals surface area contributed by atoms with E-state index >= 15 is 0 Å². The summed E-state index contributed by atoms with van der Waals surface area (Å²) in [4.78, 5) is 51.3. The van der Waals surface area contributed by atoms with Gasteiger partial charge in [0, 0.05) is 33.5 Å². The number of nitrogens with one attached hydrogen (secondary N) is 1. The van der Waals surface area contributed by atoms with Gasteiger partial charge in [-0.05, 0) is 18.2 Å². The number of hydrogen-bond acceptors (Lipinski definition) is 5. The first-order chi connectivity index (χ1) is 12.9. The predicted molar refractivity (Wildman–Crippen MR) is 92.6 cm³/mol. The maximum absolute atomic E-state index is 13.9. The van der Waals surface area contributed by atoms with Gasteiger partial charge in [-0.25, -0.2) is 4.39 Å². The van der Waals surface area contributed by atoms with E-state index < -0.39 is 35.2 Å². The second-order valence-electron chi connectivity index (χ2n) is 6.13. The summed E-state index contributed by atoms with van der Waals surface area (Å²) in [7, 11) is 1.08. The number of anilines is 1. The SMILES string of the molecule is COC(=O)[C@@H]1C(=O)Nc2ccc(F)cc2C2=C1C(=O)c1ccccc1C2=O. The summed E-state index contributed by atoms with van der Waals surface area (Å²) in [6, 6.07) is 9.55. The highest BCUT2D eigenvalue weighted by molar-refractivity contribution is 6.43. The monoisotopic (exact) mass is 365 g/mol. The second-order valence-corrected chi connectivity index (χ2v) is 6.13. The molecule has 0 aromatic heterocycles. The number of ether oxygens (including phenoxy) is 1. The first kappa shape index (κ1) is 16.8. The Morgan fingerprint density at radius 1 is 1.00 bits per heavy atom. The van der Waals surface area contributed by atoms with Crippen LogP contribution in [-0.4, -0.2) is 30.6 Å². The summed E-state index contributed by atoms with van der Waals surface area (Å²) in [5, 5.41) is 2.49. The molecular formula is C20H12FNO5. The fourth-order valence-electron chi connectivity index (χ4n) is 3.45. The minimum Gasteiger partial charge on any atom is -0.468 e. The van der Waals surface area contributed by atoms with Crippen molar-refractivity contribution in [3.63, 3.8) is 0 Å². The van der Waals surface area contributed by atoms with Gasteiger partial charge in [0.1, 0.15) is 5.82 Å². The fourth-order valence-corrected chi connectivity index (χ4v) is 3.45. The lowest BCUT2D eigenvalue weighted by atomic mass is 9.76. The molecule has 0 saturated carbocycles. The lowest BCUT2D eigenvalue weighted by Crippen LogP contribution is -2.36. The van der Waals surface area contributed by atoms with Gasteiger partial charge < -0.3 is 10.1 Å². The van der Waals surface area contributed by atoms with Gasteiger partial charge in [-0.1, -0.05) is 24.3 Å². The summed E-state index contributed by atoms with van der Waals surface area (Å²) in [6.45, 7) is 0. The van der Waals surface area contributed by atoms with Gasteiger partial charge in [0.25, 0.3) is 0 Å². The summed E-state index contributed by atoms with van der Waals surface area (Å²) < 4.78 is 18.6. The van der Waals surface area contributed by atoms with Crippen LogP contribution in [0.3, 0.4) is 0 Å². The number of esters is 1. The van der Waals surface area contributed by atoms with Gasteiger partial charge >= 0.3 is 5.97 Å². The first-order valence-electron chi connectivity index (χ1n) is 8.05. The summed E-state index contributed by atoms with van der Waals surface area (Å²) in [6.07, 6.45) is 0. The Kier molecular flexibility index (Phi) is 3.73. The number of halogens is 1. The highest BCUT2D eigenvalue weighted by atomic mass is 19.1. The van der Waals surface area contributed by atoms with Gasteiger partial charge in [-0.3, -0.25) is 19.2 Å². The van der Waals surface area contributed by atoms with Gasteiger partial charge in [-0.2, -0.15) is 0 Å². The van der Waals surface area contributed by atoms with Crippen molar-refractivity contribution >= 4 is 34.7 Å². The number of benzene rings is 2. The molecule has 1 atom stereocenters. The van der Waals surface area contributed by atoms with Crippen LogP contribution in [0.25, 0.3) is 5.57 Å². The standard InChI is InChI=1S/C20H12FNO5/c1-27-20(26)16-15-14(12-8-9(21)6-7-13(12)22-19(16)25)17(23)10-4-2-3-5-11(10)18(15)24/h2-8,16H,1H3,(H,22,25)/t16-/m0/s1. The van der Waals surface area contributed by atoms with Crippen LogP contribution >= 0.6 is 0 Å². The van der Waals surface area contributed by atoms with Crippen molar-refractivity contribution in [1.29, 1.82) is 0 Å². The molecule has 134 valence electrons. The molecular weight excluding hydrogens is 353 g/mol. The van der Waals surface area contributed by atoms with Crippen LogP contribution in [0.1, 0.15) is 26.3 Å². The molecule has 1 aliphatic carbocycles. The van der Waals surface area contributed by atoms with E-state index in [-0.39, 0.29) is 33.5 Å². The molecule has 2 aromatic rings. The first-order valence-corrected chi connectivity index (χ1v) is 8.05. The van der Waals surface area contributed by atoms with Crippen LogP contribution in [0.2, 0.25) is 0 Å². The topological polar surface area (TPSA) is 89.5 Å². The molecule has 0 saturated heterocycles. The maximum Gasteiger partial charge on any atom is 0.322 e. The van der Waals surface area contributed by atoms with Crippen LogP contribution in [0.5, 0.6) is 0 Å². The lowest BCUT2D eigenvalue weighted by molar-refractivity contribution is -0.146. The quantitative estimate of drug-likeness (QED) is 0.619. The smallest absolute Gasteiger partial charge is 0.322 e. The van der Waals surface area contributed by atoms with E-state index in [1.54, 1.807) is 12.1 Å². The second kappa shape index (κ2) is 5.98. The molecule has 4 rings (SSSR count). The van der Waals surface area contributed by atoms with Gasteiger partial charge in [0.05, 0.1) is 7.11 Å². The number of amides is 1. The van der Waals surface area contributed by atoms with Crippen molar-refractivity contribution in [3.05, 3.63) is 70.5 Å². The van der Waals surface area contributed by atoms with E-state index in [1.165, 1.54) is 18.2 Å². The van der Waals surface area contributed by atoms with E-state index in [2.05, 4.69) is 10.1 Å². The van der Waals surface area contributed by atoms with Crippen LogP contribution in [-0.2, 0) is 14.3 Å². The van der Waals surface area contributed by atoms with Gasteiger partial charge in [-0.15, -0.1) is 0 Å². The molecule has 0 fully saturated rings. The van der Waals surface area contributed by atoms with E-state index in [1.807, 2.05) is 0 Å². The molecule has 6 nitrogen and oxygen atoms in total. The number of fused-ring (bicyclic) bond motifs is 3. The highest BCUT2D eigenvalue weighted by Crippen LogP contribution is 2.41. The van der Waals surface area contributed by atoms with Crippen molar-refractivity contribution in [1.82, 2.24) is 0 Å². The number of ketones is 2. The molecule has 27 heavy (non-hydrogen) atoms. The van der Waals surface area contributed by atoms with E-state index in [9.17, 15) is 23.6 Å². The zero-order chi connectivity index (χ0) is 19.3. The highest BCUT2D eigenvalue weighted by Gasteiger charge is 2.45. The minimum atomic E-state index is -1.63. The van der Waals surface area contributed by atoms with Crippen LogP contribution in [0.15, 0.2) is 48.0 Å².